The molecule has 188 valence electrons. The Morgan fingerprint density at radius 1 is 0.944 bits per heavy atom. The van der Waals surface area contributed by atoms with Crippen LogP contribution in [0.25, 0.3) is 0 Å². The van der Waals surface area contributed by atoms with E-state index in [2.05, 4.69) is 10.2 Å². The number of hydrogen-bond donors (Lipinski definition) is 1. The van der Waals surface area contributed by atoms with Crippen LogP contribution in [0, 0.1) is 0 Å². The van der Waals surface area contributed by atoms with Crippen LogP contribution in [0.3, 0.4) is 0 Å². The second-order valence-electron chi connectivity index (χ2n) is 8.82. The molecule has 5 rings (SSSR count). The van der Waals surface area contributed by atoms with E-state index in [1.807, 2.05) is 48.5 Å². The molecule has 0 aromatic heterocycles. The van der Waals surface area contributed by atoms with Gasteiger partial charge in [-0.3, -0.25) is 4.79 Å². The maximum atomic E-state index is 13.8. The minimum absolute atomic E-state index is 0.119. The molecule has 0 aliphatic carbocycles. The van der Waals surface area contributed by atoms with Gasteiger partial charge in [0.25, 0.3) is 0 Å². The summed E-state index contributed by atoms with van der Waals surface area (Å²) in [5.74, 6) is 0.203. The number of benzene rings is 3. The zero-order valence-corrected chi connectivity index (χ0v) is 20.9. The van der Waals surface area contributed by atoms with E-state index in [4.69, 9.17) is 9.47 Å². The molecule has 1 atom stereocenters. The smallest absolute Gasteiger partial charge is 0.244 e. The van der Waals surface area contributed by atoms with Gasteiger partial charge < -0.3 is 19.7 Å². The van der Waals surface area contributed by atoms with Crippen LogP contribution in [0.2, 0.25) is 0 Å². The van der Waals surface area contributed by atoms with Gasteiger partial charge in [-0.1, -0.05) is 36.4 Å². The highest BCUT2D eigenvalue weighted by atomic mass is 32.2. The van der Waals surface area contributed by atoms with Crippen molar-refractivity contribution in [3.63, 3.8) is 0 Å². The number of carbonyl (C=O) groups is 1. The molecular formula is C27H29N3O5S. The van der Waals surface area contributed by atoms with Crippen LogP contribution >= 0.6 is 0 Å². The Balaban J connectivity index is 1.47. The first-order chi connectivity index (χ1) is 17.5. The highest BCUT2D eigenvalue weighted by Crippen LogP contribution is 2.32. The van der Waals surface area contributed by atoms with E-state index < -0.39 is 16.1 Å². The first-order valence-electron chi connectivity index (χ1n) is 11.9. The number of sulfonamides is 1. The lowest BCUT2D eigenvalue weighted by atomic mass is 9.95. The lowest BCUT2D eigenvalue weighted by Gasteiger charge is -2.35. The van der Waals surface area contributed by atoms with Gasteiger partial charge in [-0.2, -0.15) is 4.31 Å². The van der Waals surface area contributed by atoms with Crippen LogP contribution in [0.1, 0.15) is 11.1 Å². The molecule has 1 saturated heterocycles. The summed E-state index contributed by atoms with van der Waals surface area (Å²) in [5, 5.41) is 3.03. The zero-order valence-electron chi connectivity index (χ0n) is 20.1. The van der Waals surface area contributed by atoms with E-state index in [1.54, 1.807) is 12.1 Å². The number of morpholine rings is 1. The first-order valence-corrected chi connectivity index (χ1v) is 13.4. The van der Waals surface area contributed by atoms with Crippen LogP contribution in [0.4, 0.5) is 11.4 Å². The van der Waals surface area contributed by atoms with E-state index in [9.17, 15) is 13.2 Å². The summed E-state index contributed by atoms with van der Waals surface area (Å²) in [6.45, 7) is 2.81. The van der Waals surface area contributed by atoms with E-state index in [1.165, 1.54) is 23.5 Å². The molecule has 1 amide bonds. The topological polar surface area (TPSA) is 88.2 Å². The van der Waals surface area contributed by atoms with Gasteiger partial charge in [-0.15, -0.1) is 0 Å². The Hall–Kier alpha value is -3.40. The van der Waals surface area contributed by atoms with Gasteiger partial charge in [0.2, 0.25) is 15.9 Å². The van der Waals surface area contributed by atoms with Gasteiger partial charge >= 0.3 is 0 Å². The second kappa shape index (κ2) is 10.3. The van der Waals surface area contributed by atoms with Gasteiger partial charge in [-0.25, -0.2) is 8.42 Å². The molecule has 8 nitrogen and oxygen atoms in total. The van der Waals surface area contributed by atoms with E-state index in [0.29, 0.717) is 24.7 Å². The zero-order chi connectivity index (χ0) is 25.1. The van der Waals surface area contributed by atoms with Crippen molar-refractivity contribution in [3.8, 4) is 5.75 Å². The number of carbonyl (C=O) groups excluding carboxylic acids is 1. The molecule has 0 bridgehead atoms. The molecule has 1 unspecified atom stereocenters. The third-order valence-electron chi connectivity index (χ3n) is 6.69. The molecule has 2 aliphatic rings. The molecule has 0 saturated carbocycles. The maximum Gasteiger partial charge on any atom is 0.244 e. The number of hydrogen-bond acceptors (Lipinski definition) is 6. The average Bonchev–Trinajstić information content (AvgIpc) is 2.93. The van der Waals surface area contributed by atoms with Gasteiger partial charge in [-0.05, 0) is 53.9 Å². The Bertz CT molecular complexity index is 1340. The fraction of sp³-hybridized carbons (Fsp3) is 0.296. The molecule has 36 heavy (non-hydrogen) atoms. The van der Waals surface area contributed by atoms with Crippen LogP contribution in [0.15, 0.2) is 77.7 Å². The predicted molar refractivity (Wildman–Crippen MR) is 138 cm³/mol. The Morgan fingerprint density at radius 2 is 1.61 bits per heavy atom. The number of rotatable bonds is 6. The Kier molecular flexibility index (Phi) is 6.95. The molecule has 9 heteroatoms. The van der Waals surface area contributed by atoms with Crippen molar-refractivity contribution >= 4 is 27.3 Å². The van der Waals surface area contributed by atoms with Crippen molar-refractivity contribution in [2.45, 2.75) is 23.9 Å². The lowest BCUT2D eigenvalue weighted by Crippen LogP contribution is -2.50. The van der Waals surface area contributed by atoms with Crippen molar-refractivity contribution < 1.29 is 22.7 Å². The number of ether oxygens (including phenoxy) is 2. The van der Waals surface area contributed by atoms with Crippen LogP contribution in [-0.4, -0.2) is 58.1 Å². The van der Waals surface area contributed by atoms with Crippen molar-refractivity contribution in [1.29, 1.82) is 0 Å². The van der Waals surface area contributed by atoms with E-state index in [-0.39, 0.29) is 23.8 Å². The van der Waals surface area contributed by atoms with Crippen LogP contribution in [-0.2, 0) is 32.5 Å². The SMILES string of the molecule is COc1ccc(S(=O)(=O)N2Cc3ccccc3CC2C(=O)Nc2ccccc2N2CCOCC2)cc1. The van der Waals surface area contributed by atoms with E-state index >= 15 is 0 Å². The first kappa shape index (κ1) is 24.3. The van der Waals surface area contributed by atoms with Gasteiger partial charge in [0.1, 0.15) is 11.8 Å². The van der Waals surface area contributed by atoms with Gasteiger partial charge in [0.15, 0.2) is 0 Å². The fourth-order valence-corrected chi connectivity index (χ4v) is 6.30. The maximum absolute atomic E-state index is 13.8. The third kappa shape index (κ3) is 4.82. The minimum Gasteiger partial charge on any atom is -0.497 e. The summed E-state index contributed by atoms with van der Waals surface area (Å²) in [6, 6.07) is 20.6. The van der Waals surface area contributed by atoms with Gasteiger partial charge in [0.05, 0.1) is 36.6 Å². The fourth-order valence-electron chi connectivity index (χ4n) is 4.73. The Labute approximate surface area is 211 Å². The summed E-state index contributed by atoms with van der Waals surface area (Å²) < 4.78 is 39.5. The normalized spacial score (nSPS) is 18.4. The highest BCUT2D eigenvalue weighted by molar-refractivity contribution is 7.89. The largest absolute Gasteiger partial charge is 0.497 e. The summed E-state index contributed by atoms with van der Waals surface area (Å²) in [5.41, 5.74) is 3.42. The van der Waals surface area contributed by atoms with Gasteiger partial charge in [0, 0.05) is 19.6 Å². The molecular weight excluding hydrogens is 478 g/mol. The molecule has 3 aromatic rings. The van der Waals surface area contributed by atoms with Crippen molar-refractivity contribution in [2.75, 3.05) is 43.6 Å². The van der Waals surface area contributed by atoms with Crippen molar-refractivity contribution in [1.82, 2.24) is 4.31 Å². The molecule has 0 radical (unpaired) electrons. The Morgan fingerprint density at radius 3 is 2.33 bits per heavy atom. The van der Waals surface area contributed by atoms with Crippen molar-refractivity contribution in [2.24, 2.45) is 0 Å². The summed E-state index contributed by atoms with van der Waals surface area (Å²) in [4.78, 5) is 16.0. The van der Waals surface area contributed by atoms with E-state index in [0.717, 1.165) is 29.9 Å². The molecule has 1 fully saturated rings. The number of anilines is 2. The number of nitrogens with one attached hydrogen (secondary N) is 1. The number of para-hydroxylation sites is 2. The number of amides is 1. The summed E-state index contributed by atoms with van der Waals surface area (Å²) >= 11 is 0. The quantitative estimate of drug-likeness (QED) is 0.551. The number of nitrogens with zero attached hydrogens (tertiary/aromatic N) is 2. The van der Waals surface area contributed by atoms with Crippen LogP contribution < -0.4 is 15.0 Å². The van der Waals surface area contributed by atoms with Crippen molar-refractivity contribution in [3.05, 3.63) is 83.9 Å². The molecule has 2 aliphatic heterocycles. The monoisotopic (exact) mass is 507 g/mol. The molecule has 3 aromatic carbocycles. The molecule has 2 heterocycles. The third-order valence-corrected chi connectivity index (χ3v) is 8.56. The second-order valence-corrected chi connectivity index (χ2v) is 10.7. The molecule has 1 N–H and O–H groups in total. The average molecular weight is 508 g/mol. The standard InChI is InChI=1S/C27H29N3O5S/c1-34-22-10-12-23(13-11-22)36(32,33)30-19-21-7-3-2-6-20(21)18-26(30)27(31)28-24-8-4-5-9-25(24)29-14-16-35-17-15-29/h2-13,26H,14-19H2,1H3,(H,28,31). The predicted octanol–water partition coefficient (Wildman–Crippen LogP) is 3.29. The lowest BCUT2D eigenvalue weighted by molar-refractivity contribution is -0.120. The molecule has 0 spiro atoms. The number of methoxy groups -OCH3 is 1. The van der Waals surface area contributed by atoms with Crippen LogP contribution in [0.5, 0.6) is 5.75 Å². The minimum atomic E-state index is -3.96. The summed E-state index contributed by atoms with van der Waals surface area (Å²) in [7, 11) is -2.43. The highest BCUT2D eigenvalue weighted by Gasteiger charge is 2.40. The number of fused-ring (bicyclic) bond motifs is 1. The summed E-state index contributed by atoms with van der Waals surface area (Å²) in [6.07, 6.45) is 0.289.